The molecule has 0 aromatic carbocycles. The van der Waals surface area contributed by atoms with Gasteiger partial charge in [-0.3, -0.25) is 0 Å². The molecular weight excluding hydrogens is 533 g/mol. The normalized spacial score (nSPS) is 13.2. The summed E-state index contributed by atoms with van der Waals surface area (Å²) in [5.74, 6) is 0. The summed E-state index contributed by atoms with van der Waals surface area (Å²) in [4.78, 5) is 25.1. The standard InChI is InChI=1S/C19H36Cl6O4Si/c20-16(21)8-12-19(13-9-17(22)23,14-10-18(24)25)11-6-4-2-1-3-5-7-15-29-30(26,27)28/h16-18,26-28H,1-15H2. The van der Waals surface area contributed by atoms with Crippen molar-refractivity contribution in [3.63, 3.8) is 0 Å². The fourth-order valence-corrected chi connectivity index (χ4v) is 4.76. The highest BCUT2D eigenvalue weighted by atomic mass is 35.5. The van der Waals surface area contributed by atoms with Crippen molar-refractivity contribution < 1.29 is 18.8 Å². The number of alkyl halides is 6. The van der Waals surface area contributed by atoms with Crippen LogP contribution in [-0.4, -0.2) is 44.6 Å². The van der Waals surface area contributed by atoms with Gasteiger partial charge in [-0.1, -0.05) is 38.5 Å². The van der Waals surface area contributed by atoms with E-state index in [1.807, 2.05) is 0 Å². The van der Waals surface area contributed by atoms with Crippen molar-refractivity contribution in [3.8, 4) is 0 Å². The lowest BCUT2D eigenvalue weighted by atomic mass is 9.72. The van der Waals surface area contributed by atoms with Crippen LogP contribution in [0.4, 0.5) is 0 Å². The van der Waals surface area contributed by atoms with E-state index in [-0.39, 0.29) is 12.0 Å². The first-order valence-electron chi connectivity index (χ1n) is 10.6. The van der Waals surface area contributed by atoms with E-state index in [0.29, 0.717) is 6.42 Å². The maximum atomic E-state index is 8.77. The maximum Gasteiger partial charge on any atom is 0.671 e. The van der Waals surface area contributed by atoms with Gasteiger partial charge in [-0.05, 0) is 56.8 Å². The predicted molar refractivity (Wildman–Crippen MR) is 132 cm³/mol. The molecule has 0 saturated heterocycles. The zero-order valence-electron chi connectivity index (χ0n) is 17.4. The van der Waals surface area contributed by atoms with E-state index in [1.54, 1.807) is 0 Å². The topological polar surface area (TPSA) is 69.9 Å². The molecule has 0 fully saturated rings. The third-order valence-corrected chi connectivity index (χ3v) is 7.23. The highest BCUT2D eigenvalue weighted by Gasteiger charge is 2.31. The summed E-state index contributed by atoms with van der Waals surface area (Å²) in [6.07, 6.45) is 13.0. The van der Waals surface area contributed by atoms with E-state index in [9.17, 15) is 0 Å². The SMILES string of the molecule is O[Si](O)(O)OCCCCCCCCCC(CCC(Cl)Cl)(CCC(Cl)Cl)CCC(Cl)Cl. The zero-order chi connectivity index (χ0) is 23.0. The lowest BCUT2D eigenvalue weighted by molar-refractivity contribution is 0.0618. The van der Waals surface area contributed by atoms with Crippen molar-refractivity contribution >= 4 is 78.7 Å². The van der Waals surface area contributed by atoms with Gasteiger partial charge in [-0.25, -0.2) is 0 Å². The van der Waals surface area contributed by atoms with Gasteiger partial charge >= 0.3 is 9.05 Å². The highest BCUT2D eigenvalue weighted by Crippen LogP contribution is 2.43. The minimum absolute atomic E-state index is 0.0404. The van der Waals surface area contributed by atoms with Crippen molar-refractivity contribution in [1.82, 2.24) is 0 Å². The molecule has 0 spiro atoms. The van der Waals surface area contributed by atoms with Crippen LogP contribution in [0.2, 0.25) is 0 Å². The van der Waals surface area contributed by atoms with Gasteiger partial charge in [0.15, 0.2) is 0 Å². The summed E-state index contributed by atoms with van der Waals surface area (Å²) < 4.78 is 4.58. The molecule has 182 valence electrons. The first-order chi connectivity index (χ1) is 14.0. The Bertz CT molecular complexity index is 380. The van der Waals surface area contributed by atoms with E-state index < -0.39 is 23.6 Å². The highest BCUT2D eigenvalue weighted by molar-refractivity contribution is 6.48. The molecule has 0 atom stereocenters. The Morgan fingerprint density at radius 1 is 0.567 bits per heavy atom. The van der Waals surface area contributed by atoms with Gasteiger partial charge < -0.3 is 18.8 Å². The van der Waals surface area contributed by atoms with E-state index in [2.05, 4.69) is 4.43 Å². The molecule has 0 aliphatic carbocycles. The van der Waals surface area contributed by atoms with Gasteiger partial charge in [0.2, 0.25) is 0 Å². The van der Waals surface area contributed by atoms with Gasteiger partial charge in [0, 0.05) is 6.61 Å². The molecule has 3 N–H and O–H groups in total. The van der Waals surface area contributed by atoms with Gasteiger partial charge in [0.1, 0.15) is 14.5 Å². The number of hydrogen-bond acceptors (Lipinski definition) is 4. The Kier molecular flexibility index (Phi) is 19.3. The van der Waals surface area contributed by atoms with Crippen molar-refractivity contribution in [2.24, 2.45) is 5.41 Å². The number of hydrogen-bond donors (Lipinski definition) is 3. The van der Waals surface area contributed by atoms with Crippen molar-refractivity contribution in [1.29, 1.82) is 0 Å². The molecule has 0 aliphatic heterocycles. The Morgan fingerprint density at radius 2 is 0.933 bits per heavy atom. The molecule has 30 heavy (non-hydrogen) atoms. The molecule has 0 heterocycles. The Balaban J connectivity index is 4.33. The van der Waals surface area contributed by atoms with Gasteiger partial charge in [0.25, 0.3) is 0 Å². The Labute approximate surface area is 212 Å². The number of rotatable bonds is 20. The van der Waals surface area contributed by atoms with Crippen LogP contribution >= 0.6 is 69.6 Å². The molecular formula is C19H36Cl6O4Si. The first kappa shape index (κ1) is 31.8. The molecule has 0 aliphatic rings. The second kappa shape index (κ2) is 18.2. The third kappa shape index (κ3) is 20.4. The quantitative estimate of drug-likeness (QED) is 0.0820. The Hall–Kier alpha value is 1.80. The summed E-state index contributed by atoms with van der Waals surface area (Å²) in [5.41, 5.74) is 0.0404. The lowest BCUT2D eigenvalue weighted by Gasteiger charge is -2.35. The molecule has 0 radical (unpaired) electrons. The lowest BCUT2D eigenvalue weighted by Crippen LogP contribution is -2.39. The summed E-state index contributed by atoms with van der Waals surface area (Å²) in [6.45, 7) is 0.171. The van der Waals surface area contributed by atoms with Crippen LogP contribution in [0, 0.1) is 5.41 Å². The average Bonchev–Trinajstić information content (AvgIpc) is 2.62. The average molecular weight is 569 g/mol. The van der Waals surface area contributed by atoms with Crippen LogP contribution in [0.15, 0.2) is 0 Å². The van der Waals surface area contributed by atoms with E-state index in [1.165, 1.54) is 0 Å². The minimum atomic E-state index is -4.35. The van der Waals surface area contributed by atoms with E-state index >= 15 is 0 Å². The number of halogens is 6. The third-order valence-electron chi connectivity index (χ3n) is 5.33. The molecule has 0 aromatic heterocycles. The van der Waals surface area contributed by atoms with Gasteiger partial charge in [-0.2, -0.15) is 0 Å². The predicted octanol–water partition coefficient (Wildman–Crippen LogP) is 7.27. The van der Waals surface area contributed by atoms with E-state index in [4.69, 9.17) is 84.0 Å². The summed E-state index contributed by atoms with van der Waals surface area (Å²) in [5, 5.41) is 0. The molecule has 0 bridgehead atoms. The van der Waals surface area contributed by atoms with Crippen LogP contribution in [0.3, 0.4) is 0 Å². The number of unbranched alkanes of at least 4 members (excludes halogenated alkanes) is 6. The first-order valence-corrected chi connectivity index (χ1v) is 15.0. The van der Waals surface area contributed by atoms with Crippen LogP contribution in [0.5, 0.6) is 0 Å². The van der Waals surface area contributed by atoms with Crippen LogP contribution < -0.4 is 0 Å². The molecule has 0 aromatic rings. The summed E-state index contributed by atoms with van der Waals surface area (Å²) in [7, 11) is -4.35. The molecule has 0 rings (SSSR count). The van der Waals surface area contributed by atoms with E-state index in [0.717, 1.165) is 83.5 Å². The summed E-state index contributed by atoms with van der Waals surface area (Å²) in [6, 6.07) is 0. The van der Waals surface area contributed by atoms with Crippen molar-refractivity contribution in [3.05, 3.63) is 0 Å². The second-order valence-corrected chi connectivity index (χ2v) is 13.2. The van der Waals surface area contributed by atoms with Crippen molar-refractivity contribution in [2.75, 3.05) is 6.61 Å². The molecule has 0 saturated carbocycles. The molecule has 0 unspecified atom stereocenters. The fourth-order valence-electron chi connectivity index (χ4n) is 3.69. The van der Waals surface area contributed by atoms with Crippen LogP contribution in [0.25, 0.3) is 0 Å². The molecule has 11 heteroatoms. The maximum absolute atomic E-state index is 8.77. The fraction of sp³-hybridized carbons (Fsp3) is 1.00. The zero-order valence-corrected chi connectivity index (χ0v) is 22.9. The smallest absolute Gasteiger partial charge is 0.368 e. The largest absolute Gasteiger partial charge is 0.671 e. The molecule has 4 nitrogen and oxygen atoms in total. The van der Waals surface area contributed by atoms with Crippen LogP contribution in [-0.2, 0) is 4.43 Å². The molecule has 0 amide bonds. The van der Waals surface area contributed by atoms with Gasteiger partial charge in [0.05, 0.1) is 0 Å². The monoisotopic (exact) mass is 566 g/mol. The summed E-state index contributed by atoms with van der Waals surface area (Å²) >= 11 is 36.0. The Morgan fingerprint density at radius 3 is 1.30 bits per heavy atom. The van der Waals surface area contributed by atoms with Crippen molar-refractivity contribution in [2.45, 2.75) is 104 Å². The second-order valence-electron chi connectivity index (χ2n) is 7.94. The van der Waals surface area contributed by atoms with Crippen LogP contribution in [0.1, 0.15) is 89.9 Å². The van der Waals surface area contributed by atoms with Gasteiger partial charge in [-0.15, -0.1) is 69.6 Å². The minimum Gasteiger partial charge on any atom is -0.368 e.